The van der Waals surface area contributed by atoms with Crippen molar-refractivity contribution < 1.29 is 14.1 Å². The second kappa shape index (κ2) is 7.04. The molecule has 0 saturated heterocycles. The third kappa shape index (κ3) is 3.62. The molecule has 1 N–H and O–H groups in total. The number of hydrogen-bond acceptors (Lipinski definition) is 4. The van der Waals surface area contributed by atoms with E-state index in [9.17, 15) is 19.3 Å². The number of rotatable bonds is 4. The average Bonchev–Trinajstić information content (AvgIpc) is 2.95. The lowest BCUT2D eigenvalue weighted by atomic mass is 10.2. The van der Waals surface area contributed by atoms with Crippen LogP contribution in [-0.2, 0) is 0 Å². The quantitative estimate of drug-likeness (QED) is 0.506. The molecule has 0 aliphatic rings. The summed E-state index contributed by atoms with van der Waals surface area (Å²) in [5.74, 6) is -0.961. The Morgan fingerprint density at radius 3 is 2.54 bits per heavy atom. The molecule has 0 fully saturated rings. The second-order valence-corrected chi connectivity index (χ2v) is 6.35. The highest BCUT2D eigenvalue weighted by atomic mass is 79.9. The van der Waals surface area contributed by atoms with Gasteiger partial charge in [-0.3, -0.25) is 14.9 Å². The molecule has 2 aromatic carbocycles. The Hall–Kier alpha value is -3.07. The number of nitrogens with one attached hydrogen (secondary N) is 1. The lowest BCUT2D eigenvalue weighted by Crippen LogP contribution is -2.16. The summed E-state index contributed by atoms with van der Waals surface area (Å²) in [4.78, 5) is 22.6. The summed E-state index contributed by atoms with van der Waals surface area (Å²) in [5, 5.41) is 17.7. The molecule has 0 aliphatic carbocycles. The zero-order chi connectivity index (χ0) is 18.8. The largest absolute Gasteiger partial charge is 0.306 e. The van der Waals surface area contributed by atoms with Crippen LogP contribution in [0.25, 0.3) is 5.69 Å². The Kier molecular flexibility index (Phi) is 4.81. The first-order valence-corrected chi connectivity index (χ1v) is 8.22. The average molecular weight is 419 g/mol. The Bertz CT molecular complexity index is 1000. The summed E-state index contributed by atoms with van der Waals surface area (Å²) < 4.78 is 15.9. The van der Waals surface area contributed by atoms with Gasteiger partial charge < -0.3 is 5.32 Å². The molecule has 1 amide bonds. The van der Waals surface area contributed by atoms with Crippen molar-refractivity contribution >= 4 is 33.3 Å². The maximum absolute atomic E-state index is 14.0. The van der Waals surface area contributed by atoms with Gasteiger partial charge in [-0.05, 0) is 37.3 Å². The summed E-state index contributed by atoms with van der Waals surface area (Å²) in [6.07, 6.45) is 0. The molecule has 0 unspecified atom stereocenters. The van der Waals surface area contributed by atoms with E-state index in [0.29, 0.717) is 21.7 Å². The molecule has 26 heavy (non-hydrogen) atoms. The van der Waals surface area contributed by atoms with E-state index in [-0.39, 0.29) is 11.3 Å². The molecule has 3 rings (SSSR count). The first kappa shape index (κ1) is 17.7. The van der Waals surface area contributed by atoms with E-state index < -0.39 is 16.6 Å². The lowest BCUT2D eigenvalue weighted by Gasteiger charge is -2.09. The van der Waals surface area contributed by atoms with Crippen LogP contribution < -0.4 is 5.32 Å². The number of carbonyl (C=O) groups is 1. The molecule has 1 aromatic heterocycles. The Balaban J connectivity index is 1.92. The summed E-state index contributed by atoms with van der Waals surface area (Å²) >= 11 is 3.14. The molecule has 0 radical (unpaired) electrons. The predicted molar refractivity (Wildman–Crippen MR) is 97.0 cm³/mol. The first-order valence-electron chi connectivity index (χ1n) is 7.43. The summed E-state index contributed by atoms with van der Waals surface area (Å²) in [6.45, 7) is 1.73. The monoisotopic (exact) mass is 418 g/mol. The maximum atomic E-state index is 14.0. The summed E-state index contributed by atoms with van der Waals surface area (Å²) in [5.41, 5.74) is 0.979. The maximum Gasteiger partial charge on any atom is 0.269 e. The van der Waals surface area contributed by atoms with Gasteiger partial charge in [-0.15, -0.1) is 0 Å². The van der Waals surface area contributed by atoms with Crippen LogP contribution in [0.2, 0.25) is 0 Å². The van der Waals surface area contributed by atoms with E-state index in [1.807, 2.05) is 0 Å². The van der Waals surface area contributed by atoms with Gasteiger partial charge in [0.1, 0.15) is 11.6 Å². The fourth-order valence-corrected chi connectivity index (χ4v) is 2.69. The minimum atomic E-state index is -0.657. The van der Waals surface area contributed by atoms with Crippen LogP contribution in [0.3, 0.4) is 0 Å². The van der Waals surface area contributed by atoms with Crippen molar-refractivity contribution in [3.63, 3.8) is 0 Å². The minimum Gasteiger partial charge on any atom is -0.306 e. The van der Waals surface area contributed by atoms with Crippen molar-refractivity contribution in [3.05, 3.63) is 80.2 Å². The van der Waals surface area contributed by atoms with Gasteiger partial charge in [0, 0.05) is 22.7 Å². The van der Waals surface area contributed by atoms with Crippen molar-refractivity contribution in [1.82, 2.24) is 9.78 Å². The number of hydrogen-bond donors (Lipinski definition) is 1. The summed E-state index contributed by atoms with van der Waals surface area (Å²) in [6, 6.07) is 11.5. The van der Waals surface area contributed by atoms with Gasteiger partial charge in [0.05, 0.1) is 21.9 Å². The van der Waals surface area contributed by atoms with E-state index in [0.717, 1.165) is 0 Å². The Morgan fingerprint density at radius 1 is 1.23 bits per heavy atom. The van der Waals surface area contributed by atoms with Crippen LogP contribution in [0, 0.1) is 22.9 Å². The third-order valence-electron chi connectivity index (χ3n) is 3.55. The molecule has 1 heterocycles. The molecule has 3 aromatic rings. The van der Waals surface area contributed by atoms with Crippen LogP contribution in [0.5, 0.6) is 0 Å². The van der Waals surface area contributed by atoms with E-state index in [2.05, 4.69) is 26.3 Å². The van der Waals surface area contributed by atoms with Gasteiger partial charge in [0.2, 0.25) is 0 Å². The molecule has 7 nitrogen and oxygen atoms in total. The standard InChI is InChI=1S/C17H12BrFN4O3/c1-10-8-16(20-17(24)14-7-2-11(18)9-15(14)19)22(21-10)12-3-5-13(6-4-12)23(25)26/h2-9H,1H3,(H,20,24). The third-order valence-corrected chi connectivity index (χ3v) is 4.05. The lowest BCUT2D eigenvalue weighted by molar-refractivity contribution is -0.384. The summed E-state index contributed by atoms with van der Waals surface area (Å²) in [7, 11) is 0. The predicted octanol–water partition coefficient (Wildman–Crippen LogP) is 4.24. The van der Waals surface area contributed by atoms with Gasteiger partial charge in [-0.1, -0.05) is 15.9 Å². The fourth-order valence-electron chi connectivity index (χ4n) is 2.36. The van der Waals surface area contributed by atoms with Gasteiger partial charge >= 0.3 is 0 Å². The highest BCUT2D eigenvalue weighted by molar-refractivity contribution is 9.10. The molecular weight excluding hydrogens is 407 g/mol. The number of benzene rings is 2. The number of nitrogens with zero attached hydrogens (tertiary/aromatic N) is 3. The zero-order valence-electron chi connectivity index (χ0n) is 13.4. The van der Waals surface area contributed by atoms with E-state index in [1.165, 1.54) is 41.1 Å². The number of halogens is 2. The van der Waals surface area contributed by atoms with E-state index in [4.69, 9.17) is 0 Å². The van der Waals surface area contributed by atoms with Crippen molar-refractivity contribution in [2.24, 2.45) is 0 Å². The number of aryl methyl sites for hydroxylation is 1. The molecule has 0 aliphatic heterocycles. The molecule has 0 bridgehead atoms. The molecule has 132 valence electrons. The van der Waals surface area contributed by atoms with E-state index in [1.54, 1.807) is 19.1 Å². The number of aromatic nitrogens is 2. The van der Waals surface area contributed by atoms with Crippen molar-refractivity contribution in [2.75, 3.05) is 5.32 Å². The van der Waals surface area contributed by atoms with Crippen molar-refractivity contribution in [2.45, 2.75) is 6.92 Å². The van der Waals surface area contributed by atoms with Crippen LogP contribution in [0.15, 0.2) is 53.0 Å². The highest BCUT2D eigenvalue weighted by Crippen LogP contribution is 2.22. The van der Waals surface area contributed by atoms with Crippen molar-refractivity contribution in [1.29, 1.82) is 0 Å². The van der Waals surface area contributed by atoms with E-state index >= 15 is 0 Å². The smallest absolute Gasteiger partial charge is 0.269 e. The highest BCUT2D eigenvalue weighted by Gasteiger charge is 2.16. The number of anilines is 1. The molecule has 0 atom stereocenters. The minimum absolute atomic E-state index is 0.0554. The normalized spacial score (nSPS) is 10.6. The van der Waals surface area contributed by atoms with Gasteiger partial charge in [-0.2, -0.15) is 5.10 Å². The second-order valence-electron chi connectivity index (χ2n) is 5.43. The van der Waals surface area contributed by atoms with Crippen LogP contribution in [0.1, 0.15) is 16.1 Å². The number of carbonyl (C=O) groups excluding carboxylic acids is 1. The topological polar surface area (TPSA) is 90.1 Å². The molecule has 9 heteroatoms. The van der Waals surface area contributed by atoms with Crippen molar-refractivity contribution in [3.8, 4) is 5.69 Å². The van der Waals surface area contributed by atoms with Gasteiger partial charge in [0.15, 0.2) is 0 Å². The Labute approximate surface area is 155 Å². The van der Waals surface area contributed by atoms with Gasteiger partial charge in [0.25, 0.3) is 11.6 Å². The van der Waals surface area contributed by atoms with Crippen LogP contribution >= 0.6 is 15.9 Å². The SMILES string of the molecule is Cc1cc(NC(=O)c2ccc(Br)cc2F)n(-c2ccc([N+](=O)[O-])cc2)n1. The number of nitro groups is 1. The molecule has 0 saturated carbocycles. The Morgan fingerprint density at radius 2 is 1.92 bits per heavy atom. The van der Waals surface area contributed by atoms with Gasteiger partial charge in [-0.25, -0.2) is 9.07 Å². The van der Waals surface area contributed by atoms with Crippen LogP contribution in [0.4, 0.5) is 15.9 Å². The number of amides is 1. The fraction of sp³-hybridized carbons (Fsp3) is 0.0588. The zero-order valence-corrected chi connectivity index (χ0v) is 15.0. The molecule has 0 spiro atoms. The number of non-ortho nitro benzene ring substituents is 1. The van der Waals surface area contributed by atoms with Crippen LogP contribution in [-0.4, -0.2) is 20.6 Å². The molecular formula is C17H12BrFN4O3. The first-order chi connectivity index (χ1) is 12.3. The number of nitro benzene ring substituents is 1.